The van der Waals surface area contributed by atoms with E-state index in [9.17, 15) is 9.59 Å². The van der Waals surface area contributed by atoms with E-state index in [4.69, 9.17) is 51.1 Å². The van der Waals surface area contributed by atoms with E-state index >= 15 is 0 Å². The van der Waals surface area contributed by atoms with Crippen LogP contribution in [0.2, 0.25) is 20.1 Å². The molecule has 0 atom stereocenters. The number of esters is 1. The molecule has 0 aliphatic carbocycles. The smallest absolute Gasteiger partial charge is 0.350 e. The van der Waals surface area contributed by atoms with Crippen molar-refractivity contribution in [2.75, 3.05) is 11.9 Å². The highest BCUT2D eigenvalue weighted by atomic mass is 35.5. The van der Waals surface area contributed by atoms with E-state index in [2.05, 4.69) is 5.32 Å². The van der Waals surface area contributed by atoms with Gasteiger partial charge in [0.25, 0.3) is 5.91 Å². The van der Waals surface area contributed by atoms with E-state index < -0.39 is 18.5 Å². The van der Waals surface area contributed by atoms with Gasteiger partial charge in [-0.05, 0) is 30.3 Å². The molecule has 0 spiro atoms. The van der Waals surface area contributed by atoms with Crippen molar-refractivity contribution in [2.24, 2.45) is 0 Å². The molecule has 0 bridgehead atoms. The van der Waals surface area contributed by atoms with Crippen LogP contribution >= 0.6 is 57.7 Å². The maximum absolute atomic E-state index is 12.2. The molecule has 26 heavy (non-hydrogen) atoms. The fourth-order valence-corrected chi connectivity index (χ4v) is 4.11. The van der Waals surface area contributed by atoms with Gasteiger partial charge in [-0.25, -0.2) is 4.79 Å². The average molecular weight is 449 g/mol. The Morgan fingerprint density at radius 2 is 1.77 bits per heavy atom. The fourth-order valence-electron chi connectivity index (χ4n) is 2.14. The third-order valence-electron chi connectivity index (χ3n) is 3.31. The second kappa shape index (κ2) is 8.03. The Hall–Kier alpha value is -1.50. The molecule has 0 fully saturated rings. The summed E-state index contributed by atoms with van der Waals surface area (Å²) >= 11 is 25.0. The van der Waals surface area contributed by atoms with E-state index in [-0.39, 0.29) is 9.90 Å². The third kappa shape index (κ3) is 4.24. The Morgan fingerprint density at radius 3 is 2.50 bits per heavy atom. The Morgan fingerprint density at radius 1 is 1.00 bits per heavy atom. The Bertz CT molecular complexity index is 1020. The summed E-state index contributed by atoms with van der Waals surface area (Å²) in [5, 5.41) is 4.75. The number of ether oxygens (including phenoxy) is 1. The number of rotatable bonds is 4. The zero-order valence-electron chi connectivity index (χ0n) is 12.8. The maximum Gasteiger partial charge on any atom is 0.350 e. The van der Waals surface area contributed by atoms with Crippen molar-refractivity contribution < 1.29 is 14.3 Å². The van der Waals surface area contributed by atoms with Crippen molar-refractivity contribution in [3.63, 3.8) is 0 Å². The maximum atomic E-state index is 12.2. The van der Waals surface area contributed by atoms with Gasteiger partial charge in [-0.1, -0.05) is 52.5 Å². The number of benzene rings is 2. The minimum atomic E-state index is -0.684. The molecule has 0 saturated carbocycles. The van der Waals surface area contributed by atoms with Gasteiger partial charge in [0.05, 0.1) is 15.1 Å². The standard InChI is InChI=1S/C17H9Cl4NO3S/c18-8-1-3-10-13(5-8)26-16(15(10)21)17(24)25-7-14(23)22-9-2-4-11(19)12(20)6-9/h1-6H,7H2,(H,22,23). The minimum Gasteiger partial charge on any atom is -0.451 e. The lowest BCUT2D eigenvalue weighted by atomic mass is 10.2. The SMILES string of the molecule is O=C(COC(=O)c1sc2cc(Cl)ccc2c1Cl)Nc1ccc(Cl)c(Cl)c1. The van der Waals surface area contributed by atoms with Crippen molar-refractivity contribution in [1.29, 1.82) is 0 Å². The predicted molar refractivity (Wildman–Crippen MR) is 107 cm³/mol. The van der Waals surface area contributed by atoms with Crippen LogP contribution in [0.15, 0.2) is 36.4 Å². The highest BCUT2D eigenvalue weighted by molar-refractivity contribution is 7.21. The normalized spacial score (nSPS) is 10.8. The van der Waals surface area contributed by atoms with Crippen LogP contribution in [0.25, 0.3) is 10.1 Å². The van der Waals surface area contributed by atoms with Gasteiger partial charge in [-0.3, -0.25) is 4.79 Å². The number of carbonyl (C=O) groups excluding carboxylic acids is 2. The molecule has 1 heterocycles. The van der Waals surface area contributed by atoms with Gasteiger partial charge in [0.2, 0.25) is 0 Å². The summed E-state index contributed by atoms with van der Waals surface area (Å²) in [5.74, 6) is -1.20. The number of anilines is 1. The molecule has 3 aromatic rings. The van der Waals surface area contributed by atoms with Crippen molar-refractivity contribution in [3.05, 3.63) is 61.4 Å². The first-order valence-corrected chi connectivity index (χ1v) is 9.47. The number of hydrogen-bond donors (Lipinski definition) is 1. The number of halogens is 4. The summed E-state index contributed by atoms with van der Waals surface area (Å²) < 4.78 is 5.80. The van der Waals surface area contributed by atoms with Crippen LogP contribution in [0.1, 0.15) is 9.67 Å². The van der Waals surface area contributed by atoms with Gasteiger partial charge < -0.3 is 10.1 Å². The highest BCUT2D eigenvalue weighted by Crippen LogP contribution is 2.37. The molecular formula is C17H9Cl4NO3S. The summed E-state index contributed by atoms with van der Waals surface area (Å²) in [7, 11) is 0. The average Bonchev–Trinajstić information content (AvgIpc) is 2.92. The molecule has 1 N–H and O–H groups in total. The predicted octanol–water partition coefficient (Wildman–Crippen LogP) is 6.31. The Labute approximate surface area is 172 Å². The highest BCUT2D eigenvalue weighted by Gasteiger charge is 2.19. The summed E-state index contributed by atoms with van der Waals surface area (Å²) in [6.07, 6.45) is 0. The molecule has 0 radical (unpaired) electrons. The molecule has 0 aliphatic rings. The lowest BCUT2D eigenvalue weighted by molar-refractivity contribution is -0.119. The molecular weight excluding hydrogens is 440 g/mol. The van der Waals surface area contributed by atoms with Crippen molar-refractivity contribution in [2.45, 2.75) is 0 Å². The van der Waals surface area contributed by atoms with Crippen LogP contribution in [0.5, 0.6) is 0 Å². The number of nitrogens with one attached hydrogen (secondary N) is 1. The second-order valence-electron chi connectivity index (χ2n) is 5.14. The molecule has 2 aromatic carbocycles. The topological polar surface area (TPSA) is 55.4 Å². The van der Waals surface area contributed by atoms with Crippen LogP contribution in [-0.2, 0) is 9.53 Å². The molecule has 0 saturated heterocycles. The largest absolute Gasteiger partial charge is 0.451 e. The number of amides is 1. The van der Waals surface area contributed by atoms with Gasteiger partial charge in [0.1, 0.15) is 4.88 Å². The first kappa shape index (κ1) is 19.3. The van der Waals surface area contributed by atoms with Gasteiger partial charge >= 0.3 is 5.97 Å². The van der Waals surface area contributed by atoms with Crippen molar-refractivity contribution >= 4 is 85.4 Å². The van der Waals surface area contributed by atoms with Gasteiger partial charge in [0.15, 0.2) is 6.61 Å². The fraction of sp³-hybridized carbons (Fsp3) is 0.0588. The zero-order valence-corrected chi connectivity index (χ0v) is 16.7. The monoisotopic (exact) mass is 447 g/mol. The molecule has 0 aliphatic heterocycles. The van der Waals surface area contributed by atoms with Crippen molar-refractivity contribution in [3.8, 4) is 0 Å². The van der Waals surface area contributed by atoms with Gasteiger partial charge in [-0.2, -0.15) is 0 Å². The van der Waals surface area contributed by atoms with E-state index in [1.807, 2.05) is 0 Å². The van der Waals surface area contributed by atoms with Crippen LogP contribution in [-0.4, -0.2) is 18.5 Å². The molecule has 134 valence electrons. The summed E-state index contributed by atoms with van der Waals surface area (Å²) in [5.41, 5.74) is 0.440. The first-order chi connectivity index (χ1) is 12.3. The number of thiophene rings is 1. The van der Waals surface area contributed by atoms with E-state index in [1.165, 1.54) is 6.07 Å². The summed E-state index contributed by atoms with van der Waals surface area (Å²) in [4.78, 5) is 24.4. The van der Waals surface area contributed by atoms with Crippen molar-refractivity contribution in [1.82, 2.24) is 0 Å². The lowest BCUT2D eigenvalue weighted by Crippen LogP contribution is -2.20. The van der Waals surface area contributed by atoms with E-state index in [1.54, 1.807) is 30.3 Å². The van der Waals surface area contributed by atoms with Crippen LogP contribution in [0.4, 0.5) is 5.69 Å². The molecule has 1 amide bonds. The molecule has 4 nitrogen and oxygen atoms in total. The van der Waals surface area contributed by atoms with E-state index in [0.29, 0.717) is 26.1 Å². The molecule has 3 rings (SSSR count). The number of hydrogen-bond acceptors (Lipinski definition) is 4. The third-order valence-corrected chi connectivity index (χ3v) is 5.93. The first-order valence-electron chi connectivity index (χ1n) is 7.14. The van der Waals surface area contributed by atoms with Gasteiger partial charge in [-0.15, -0.1) is 11.3 Å². The van der Waals surface area contributed by atoms with Crippen LogP contribution in [0, 0.1) is 0 Å². The van der Waals surface area contributed by atoms with Gasteiger partial charge in [0, 0.05) is 20.8 Å². The van der Waals surface area contributed by atoms with Crippen LogP contribution < -0.4 is 5.32 Å². The Balaban J connectivity index is 1.65. The number of carbonyl (C=O) groups is 2. The number of fused-ring (bicyclic) bond motifs is 1. The second-order valence-corrected chi connectivity index (χ2v) is 7.82. The van der Waals surface area contributed by atoms with E-state index in [0.717, 1.165) is 16.0 Å². The Kier molecular flexibility index (Phi) is 5.95. The zero-order chi connectivity index (χ0) is 18.8. The molecule has 1 aromatic heterocycles. The summed E-state index contributed by atoms with van der Waals surface area (Å²) in [6.45, 7) is -0.468. The molecule has 9 heteroatoms. The lowest BCUT2D eigenvalue weighted by Gasteiger charge is -2.07. The summed E-state index contributed by atoms with van der Waals surface area (Å²) in [6, 6.07) is 9.75. The molecule has 0 unspecified atom stereocenters. The minimum absolute atomic E-state index is 0.214. The van der Waals surface area contributed by atoms with Crippen LogP contribution in [0.3, 0.4) is 0 Å². The quantitative estimate of drug-likeness (QED) is 0.475.